The molecule has 5 rings (SSSR count). The Labute approximate surface area is 233 Å². The minimum atomic E-state index is -0.366. The molecular formula is C31H33N5O4. The SMILES string of the molecule is CCc1cc(CC)n2nc(-c3ccc(OCN4C(=O)c5ccccc5C4=O)cc3)c(CC(=O)N(CC)CC)c2n1. The summed E-state index contributed by atoms with van der Waals surface area (Å²) in [6.07, 6.45) is 1.76. The molecule has 0 radical (unpaired) electrons. The topological polar surface area (TPSA) is 97.1 Å². The molecule has 0 atom stereocenters. The first-order valence-corrected chi connectivity index (χ1v) is 13.8. The Balaban J connectivity index is 1.44. The van der Waals surface area contributed by atoms with Gasteiger partial charge in [-0.05, 0) is 69.2 Å². The van der Waals surface area contributed by atoms with E-state index in [2.05, 4.69) is 19.9 Å². The van der Waals surface area contributed by atoms with Gasteiger partial charge in [0, 0.05) is 35.6 Å². The van der Waals surface area contributed by atoms with Crippen molar-refractivity contribution in [2.24, 2.45) is 0 Å². The van der Waals surface area contributed by atoms with Gasteiger partial charge in [0.1, 0.15) is 5.75 Å². The van der Waals surface area contributed by atoms with Crippen LogP contribution >= 0.6 is 0 Å². The van der Waals surface area contributed by atoms with E-state index in [1.807, 2.05) is 35.4 Å². The van der Waals surface area contributed by atoms with Crippen molar-refractivity contribution >= 4 is 23.4 Å². The number of nitrogens with zero attached hydrogens (tertiary/aromatic N) is 5. The lowest BCUT2D eigenvalue weighted by Gasteiger charge is -2.18. The summed E-state index contributed by atoms with van der Waals surface area (Å²) in [4.78, 5) is 46.3. The fraction of sp³-hybridized carbons (Fsp3) is 0.323. The second kappa shape index (κ2) is 11.3. The summed E-state index contributed by atoms with van der Waals surface area (Å²) >= 11 is 0. The maximum absolute atomic E-state index is 13.2. The number of rotatable bonds is 10. The standard InChI is InChI=1S/C31H33N5O4/c1-5-21-17-22(6-2)36-29(32-21)26(18-27(37)34(7-3)8-4)28(33-36)20-13-15-23(16-14-20)40-19-35-30(38)24-11-9-10-12-25(24)31(35)39/h9-17H,5-8,18-19H2,1-4H3. The Kier molecular flexibility index (Phi) is 7.64. The molecule has 2 aromatic carbocycles. The summed E-state index contributed by atoms with van der Waals surface area (Å²) in [6, 6.07) is 16.1. The quantitative estimate of drug-likeness (QED) is 0.274. The van der Waals surface area contributed by atoms with E-state index in [1.54, 1.807) is 36.4 Å². The zero-order chi connectivity index (χ0) is 28.4. The minimum absolute atomic E-state index is 0.0313. The molecule has 4 aromatic rings. The predicted octanol–water partition coefficient (Wildman–Crippen LogP) is 4.56. The fourth-order valence-corrected chi connectivity index (χ4v) is 5.05. The molecule has 40 heavy (non-hydrogen) atoms. The van der Waals surface area contributed by atoms with Gasteiger partial charge in [0.15, 0.2) is 12.4 Å². The molecule has 0 aliphatic carbocycles. The number of likely N-dealkylation sites (N-methyl/N-ethyl adjacent to an activating group) is 1. The van der Waals surface area contributed by atoms with Crippen LogP contribution in [-0.4, -0.2) is 61.9 Å². The molecule has 1 aliphatic heterocycles. The summed E-state index contributed by atoms with van der Waals surface area (Å²) < 4.78 is 7.67. The Morgan fingerprint density at radius 2 is 1.55 bits per heavy atom. The van der Waals surface area contributed by atoms with Gasteiger partial charge in [0.25, 0.3) is 11.8 Å². The highest BCUT2D eigenvalue weighted by Crippen LogP contribution is 2.30. The van der Waals surface area contributed by atoms with Crippen LogP contribution in [-0.2, 0) is 24.1 Å². The highest BCUT2D eigenvalue weighted by atomic mass is 16.5. The summed E-state index contributed by atoms with van der Waals surface area (Å²) in [5, 5.41) is 4.92. The number of carbonyl (C=O) groups excluding carboxylic acids is 3. The first kappa shape index (κ1) is 27.1. The summed E-state index contributed by atoms with van der Waals surface area (Å²) in [6.45, 7) is 9.18. The average molecular weight is 540 g/mol. The molecule has 0 unspecified atom stereocenters. The maximum atomic E-state index is 13.2. The van der Waals surface area contributed by atoms with Gasteiger partial charge < -0.3 is 9.64 Å². The molecule has 0 spiro atoms. The van der Waals surface area contributed by atoms with Crippen LogP contribution in [0.3, 0.4) is 0 Å². The number of aromatic nitrogens is 3. The molecule has 0 saturated carbocycles. The zero-order valence-corrected chi connectivity index (χ0v) is 23.3. The third kappa shape index (κ3) is 4.83. The van der Waals surface area contributed by atoms with Crippen LogP contribution in [0.5, 0.6) is 5.75 Å². The Hall–Kier alpha value is -4.53. The Morgan fingerprint density at radius 3 is 2.12 bits per heavy atom. The molecule has 0 N–H and O–H groups in total. The number of imide groups is 1. The average Bonchev–Trinajstić information content (AvgIpc) is 3.46. The number of hydrogen-bond donors (Lipinski definition) is 0. The van der Waals surface area contributed by atoms with Crippen molar-refractivity contribution in [3.05, 3.63) is 82.7 Å². The Bertz CT molecular complexity index is 1550. The third-order valence-corrected chi connectivity index (χ3v) is 7.35. The minimum Gasteiger partial charge on any atom is -0.473 e. The highest BCUT2D eigenvalue weighted by Gasteiger charge is 2.35. The smallest absolute Gasteiger partial charge is 0.264 e. The molecule has 206 valence electrons. The second-order valence-electron chi connectivity index (χ2n) is 9.63. The lowest BCUT2D eigenvalue weighted by atomic mass is 10.0. The largest absolute Gasteiger partial charge is 0.473 e. The molecule has 0 bridgehead atoms. The van der Waals surface area contributed by atoms with E-state index >= 15 is 0 Å². The third-order valence-electron chi connectivity index (χ3n) is 7.35. The number of fused-ring (bicyclic) bond motifs is 2. The van der Waals surface area contributed by atoms with E-state index in [1.165, 1.54) is 0 Å². The van der Waals surface area contributed by atoms with Crippen molar-refractivity contribution in [2.75, 3.05) is 19.8 Å². The zero-order valence-electron chi connectivity index (χ0n) is 23.3. The van der Waals surface area contributed by atoms with Crippen LogP contribution in [0.2, 0.25) is 0 Å². The molecule has 1 aliphatic rings. The van der Waals surface area contributed by atoms with Crippen molar-refractivity contribution in [3.63, 3.8) is 0 Å². The maximum Gasteiger partial charge on any atom is 0.264 e. The molecular weight excluding hydrogens is 506 g/mol. The van der Waals surface area contributed by atoms with E-state index in [4.69, 9.17) is 14.8 Å². The van der Waals surface area contributed by atoms with Crippen molar-refractivity contribution < 1.29 is 19.1 Å². The van der Waals surface area contributed by atoms with Crippen LogP contribution in [0.1, 0.15) is 65.4 Å². The van der Waals surface area contributed by atoms with E-state index in [0.717, 1.165) is 40.3 Å². The van der Waals surface area contributed by atoms with Gasteiger partial charge in [-0.25, -0.2) is 14.4 Å². The van der Waals surface area contributed by atoms with E-state index in [0.29, 0.717) is 41.3 Å². The summed E-state index contributed by atoms with van der Waals surface area (Å²) in [7, 11) is 0. The van der Waals surface area contributed by atoms with E-state index in [9.17, 15) is 14.4 Å². The number of benzene rings is 2. The van der Waals surface area contributed by atoms with E-state index in [-0.39, 0.29) is 30.9 Å². The summed E-state index contributed by atoms with van der Waals surface area (Å²) in [5.41, 5.74) is 5.78. The lowest BCUT2D eigenvalue weighted by molar-refractivity contribution is -0.130. The van der Waals surface area contributed by atoms with Crippen LogP contribution in [0.25, 0.3) is 16.9 Å². The van der Waals surface area contributed by atoms with Gasteiger partial charge in [-0.2, -0.15) is 5.10 Å². The van der Waals surface area contributed by atoms with Gasteiger partial charge in [0.2, 0.25) is 5.91 Å². The summed E-state index contributed by atoms with van der Waals surface area (Å²) in [5.74, 6) is -0.195. The number of ether oxygens (including phenoxy) is 1. The van der Waals surface area contributed by atoms with Crippen molar-refractivity contribution in [2.45, 2.75) is 47.0 Å². The normalized spacial score (nSPS) is 12.8. The van der Waals surface area contributed by atoms with Crippen LogP contribution in [0.4, 0.5) is 0 Å². The van der Waals surface area contributed by atoms with Crippen LogP contribution in [0.15, 0.2) is 54.6 Å². The van der Waals surface area contributed by atoms with Gasteiger partial charge in [0.05, 0.1) is 23.2 Å². The predicted molar refractivity (Wildman–Crippen MR) is 151 cm³/mol. The van der Waals surface area contributed by atoms with Crippen molar-refractivity contribution in [1.29, 1.82) is 0 Å². The van der Waals surface area contributed by atoms with Gasteiger partial charge >= 0.3 is 0 Å². The molecule has 0 fully saturated rings. The molecule has 3 amide bonds. The first-order valence-electron chi connectivity index (χ1n) is 13.8. The number of amides is 3. The monoisotopic (exact) mass is 539 g/mol. The highest BCUT2D eigenvalue weighted by molar-refractivity contribution is 6.21. The second-order valence-corrected chi connectivity index (χ2v) is 9.63. The van der Waals surface area contributed by atoms with Crippen LogP contribution < -0.4 is 4.74 Å². The first-order chi connectivity index (χ1) is 19.4. The molecule has 2 aromatic heterocycles. The van der Waals surface area contributed by atoms with Crippen LogP contribution in [0, 0.1) is 0 Å². The lowest BCUT2D eigenvalue weighted by Crippen LogP contribution is -2.33. The molecule has 3 heterocycles. The molecule has 0 saturated heterocycles. The van der Waals surface area contributed by atoms with E-state index < -0.39 is 0 Å². The molecule has 9 heteroatoms. The van der Waals surface area contributed by atoms with Gasteiger partial charge in [-0.1, -0.05) is 26.0 Å². The van der Waals surface area contributed by atoms with Crippen molar-refractivity contribution in [1.82, 2.24) is 24.4 Å². The van der Waals surface area contributed by atoms with Crippen molar-refractivity contribution in [3.8, 4) is 17.0 Å². The van der Waals surface area contributed by atoms with Gasteiger partial charge in [-0.15, -0.1) is 0 Å². The fourth-order valence-electron chi connectivity index (χ4n) is 5.05. The van der Waals surface area contributed by atoms with Gasteiger partial charge in [-0.3, -0.25) is 14.4 Å². The molecule has 9 nitrogen and oxygen atoms in total. The number of aryl methyl sites for hydroxylation is 2. The number of carbonyl (C=O) groups is 3. The number of hydrogen-bond acceptors (Lipinski definition) is 6. The Morgan fingerprint density at radius 1 is 0.900 bits per heavy atom.